The van der Waals surface area contributed by atoms with E-state index in [0.29, 0.717) is 24.0 Å². The molecule has 1 aromatic heterocycles. The van der Waals surface area contributed by atoms with E-state index in [1.807, 2.05) is 0 Å². The van der Waals surface area contributed by atoms with Crippen molar-refractivity contribution in [2.24, 2.45) is 0 Å². The molecular formula is C12H19N3O2. The minimum atomic E-state index is 0.354. The van der Waals surface area contributed by atoms with Crippen molar-refractivity contribution in [3.05, 3.63) is 12.3 Å². The number of nitrogens with zero attached hydrogens (tertiary/aromatic N) is 2. The normalized spacial score (nSPS) is 24.4. The summed E-state index contributed by atoms with van der Waals surface area (Å²) >= 11 is 0. The molecular weight excluding hydrogens is 218 g/mol. The minimum Gasteiger partial charge on any atom is -0.481 e. The van der Waals surface area contributed by atoms with Gasteiger partial charge in [-0.15, -0.1) is 0 Å². The highest BCUT2D eigenvalue weighted by Crippen LogP contribution is 2.23. The van der Waals surface area contributed by atoms with E-state index in [-0.39, 0.29) is 0 Å². The number of rotatable bonds is 4. The Labute approximate surface area is 102 Å². The summed E-state index contributed by atoms with van der Waals surface area (Å²) in [6, 6.07) is 2.13. The number of aromatic nitrogens is 2. The van der Waals surface area contributed by atoms with Gasteiger partial charge in [0.1, 0.15) is 0 Å². The third-order valence-electron chi connectivity index (χ3n) is 3.13. The Morgan fingerprint density at radius 2 is 2.24 bits per heavy atom. The minimum absolute atomic E-state index is 0.354. The summed E-state index contributed by atoms with van der Waals surface area (Å²) in [4.78, 5) is 8.44. The fourth-order valence-corrected chi connectivity index (χ4v) is 2.20. The summed E-state index contributed by atoms with van der Waals surface area (Å²) in [7, 11) is 3.38. The van der Waals surface area contributed by atoms with Crippen molar-refractivity contribution in [1.82, 2.24) is 9.97 Å². The van der Waals surface area contributed by atoms with Crippen LogP contribution in [-0.4, -0.2) is 36.3 Å². The first-order valence-electron chi connectivity index (χ1n) is 5.98. The molecule has 1 heterocycles. The zero-order valence-corrected chi connectivity index (χ0v) is 10.3. The zero-order valence-electron chi connectivity index (χ0n) is 10.3. The highest BCUT2D eigenvalue weighted by Gasteiger charge is 2.22. The maximum atomic E-state index is 5.40. The van der Waals surface area contributed by atoms with Gasteiger partial charge in [-0.2, -0.15) is 4.98 Å². The van der Waals surface area contributed by atoms with Crippen LogP contribution in [0.15, 0.2) is 12.3 Å². The first kappa shape index (κ1) is 12.1. The van der Waals surface area contributed by atoms with Gasteiger partial charge in [0, 0.05) is 25.4 Å². The highest BCUT2D eigenvalue weighted by molar-refractivity contribution is 5.29. The van der Waals surface area contributed by atoms with Gasteiger partial charge in [-0.05, 0) is 25.7 Å². The second-order valence-corrected chi connectivity index (χ2v) is 4.29. The van der Waals surface area contributed by atoms with Crippen molar-refractivity contribution in [1.29, 1.82) is 0 Å². The number of ether oxygens (including phenoxy) is 2. The Kier molecular flexibility index (Phi) is 4.14. The lowest BCUT2D eigenvalue weighted by atomic mass is 9.93. The van der Waals surface area contributed by atoms with E-state index in [4.69, 9.17) is 9.47 Å². The van der Waals surface area contributed by atoms with Gasteiger partial charge < -0.3 is 14.8 Å². The topological polar surface area (TPSA) is 56.3 Å². The lowest BCUT2D eigenvalue weighted by molar-refractivity contribution is 0.0668. The Morgan fingerprint density at radius 1 is 1.35 bits per heavy atom. The van der Waals surface area contributed by atoms with Crippen molar-refractivity contribution in [3.8, 4) is 5.88 Å². The van der Waals surface area contributed by atoms with Gasteiger partial charge in [0.15, 0.2) is 0 Å². The smallest absolute Gasteiger partial charge is 0.226 e. The Bertz CT molecular complexity index is 359. The van der Waals surface area contributed by atoms with Crippen LogP contribution in [0.4, 0.5) is 5.95 Å². The Hall–Kier alpha value is -1.36. The molecule has 1 aliphatic rings. The molecule has 17 heavy (non-hydrogen) atoms. The van der Waals surface area contributed by atoms with Crippen LogP contribution in [0, 0.1) is 0 Å². The third-order valence-corrected chi connectivity index (χ3v) is 3.13. The van der Waals surface area contributed by atoms with Crippen molar-refractivity contribution in [2.75, 3.05) is 19.5 Å². The largest absolute Gasteiger partial charge is 0.481 e. The van der Waals surface area contributed by atoms with Gasteiger partial charge in [0.05, 0.1) is 13.2 Å². The van der Waals surface area contributed by atoms with Crippen molar-refractivity contribution >= 4 is 5.95 Å². The predicted octanol–water partition coefficient (Wildman–Crippen LogP) is 1.85. The molecule has 94 valence electrons. The average Bonchev–Trinajstić information content (AvgIpc) is 2.39. The Morgan fingerprint density at radius 3 is 3.00 bits per heavy atom. The summed E-state index contributed by atoms with van der Waals surface area (Å²) < 4.78 is 10.5. The Balaban J connectivity index is 1.95. The predicted molar refractivity (Wildman–Crippen MR) is 65.3 cm³/mol. The maximum absolute atomic E-state index is 5.40. The quantitative estimate of drug-likeness (QED) is 0.866. The molecule has 1 aliphatic carbocycles. The summed E-state index contributed by atoms with van der Waals surface area (Å²) in [6.45, 7) is 0. The molecule has 1 fully saturated rings. The molecule has 1 aromatic rings. The van der Waals surface area contributed by atoms with E-state index in [2.05, 4.69) is 15.3 Å². The van der Waals surface area contributed by atoms with Gasteiger partial charge in [0.2, 0.25) is 11.8 Å². The molecule has 2 unspecified atom stereocenters. The van der Waals surface area contributed by atoms with E-state index >= 15 is 0 Å². The van der Waals surface area contributed by atoms with Crippen LogP contribution in [-0.2, 0) is 4.74 Å². The first-order valence-corrected chi connectivity index (χ1v) is 5.98. The molecule has 1 saturated carbocycles. The molecule has 0 bridgehead atoms. The maximum Gasteiger partial charge on any atom is 0.226 e. The van der Waals surface area contributed by atoms with Crippen LogP contribution in [0.1, 0.15) is 25.7 Å². The van der Waals surface area contributed by atoms with E-state index in [0.717, 1.165) is 19.3 Å². The van der Waals surface area contributed by atoms with Crippen LogP contribution in [0.2, 0.25) is 0 Å². The van der Waals surface area contributed by atoms with Gasteiger partial charge in [-0.1, -0.05) is 0 Å². The number of hydrogen-bond acceptors (Lipinski definition) is 5. The van der Waals surface area contributed by atoms with Gasteiger partial charge >= 0.3 is 0 Å². The van der Waals surface area contributed by atoms with Crippen LogP contribution in [0.5, 0.6) is 5.88 Å². The zero-order chi connectivity index (χ0) is 12.1. The highest BCUT2D eigenvalue weighted by atomic mass is 16.5. The van der Waals surface area contributed by atoms with Crippen LogP contribution >= 0.6 is 0 Å². The summed E-state index contributed by atoms with van der Waals surface area (Å²) in [5.41, 5.74) is 0. The summed E-state index contributed by atoms with van der Waals surface area (Å²) in [6.07, 6.45) is 6.53. The second kappa shape index (κ2) is 5.82. The van der Waals surface area contributed by atoms with Crippen molar-refractivity contribution < 1.29 is 9.47 Å². The molecule has 1 N–H and O–H groups in total. The van der Waals surface area contributed by atoms with Crippen LogP contribution < -0.4 is 10.1 Å². The molecule has 2 rings (SSSR count). The average molecular weight is 237 g/mol. The molecule has 0 radical (unpaired) electrons. The van der Waals surface area contributed by atoms with E-state index in [1.165, 1.54) is 6.42 Å². The number of nitrogens with one attached hydrogen (secondary N) is 1. The van der Waals surface area contributed by atoms with Crippen molar-refractivity contribution in [3.63, 3.8) is 0 Å². The number of hydrogen-bond donors (Lipinski definition) is 1. The van der Waals surface area contributed by atoms with Gasteiger partial charge in [0.25, 0.3) is 0 Å². The first-order chi connectivity index (χ1) is 8.31. The SMILES string of the molecule is COc1ccnc(NC2CCCC(OC)C2)n1. The molecule has 0 aliphatic heterocycles. The molecule has 0 amide bonds. The second-order valence-electron chi connectivity index (χ2n) is 4.29. The van der Waals surface area contributed by atoms with Crippen LogP contribution in [0.3, 0.4) is 0 Å². The monoisotopic (exact) mass is 237 g/mol. The molecule has 0 aromatic carbocycles. The van der Waals surface area contributed by atoms with Crippen LogP contribution in [0.25, 0.3) is 0 Å². The fourth-order valence-electron chi connectivity index (χ4n) is 2.20. The number of methoxy groups -OCH3 is 2. The van der Waals surface area contributed by atoms with E-state index < -0.39 is 0 Å². The van der Waals surface area contributed by atoms with E-state index in [9.17, 15) is 0 Å². The third kappa shape index (κ3) is 3.30. The number of anilines is 1. The summed E-state index contributed by atoms with van der Waals surface area (Å²) in [5.74, 6) is 1.22. The summed E-state index contributed by atoms with van der Waals surface area (Å²) in [5, 5.41) is 3.34. The lowest BCUT2D eigenvalue weighted by Gasteiger charge is -2.28. The molecule has 5 heteroatoms. The lowest BCUT2D eigenvalue weighted by Crippen LogP contribution is -2.31. The van der Waals surface area contributed by atoms with Gasteiger partial charge in [-0.3, -0.25) is 0 Å². The molecule has 0 saturated heterocycles. The fraction of sp³-hybridized carbons (Fsp3) is 0.667. The molecule has 2 atom stereocenters. The molecule has 0 spiro atoms. The van der Waals surface area contributed by atoms with Gasteiger partial charge in [-0.25, -0.2) is 4.98 Å². The molecule has 5 nitrogen and oxygen atoms in total. The standard InChI is InChI=1S/C12H19N3O2/c1-16-10-5-3-4-9(8-10)14-12-13-7-6-11(15-12)17-2/h6-7,9-10H,3-5,8H2,1-2H3,(H,13,14,15). The van der Waals surface area contributed by atoms with E-state index in [1.54, 1.807) is 26.5 Å². The van der Waals surface area contributed by atoms with Crippen molar-refractivity contribution in [2.45, 2.75) is 37.8 Å².